The van der Waals surface area contributed by atoms with E-state index >= 15 is 0 Å². The van der Waals surface area contributed by atoms with Crippen LogP contribution in [-0.2, 0) is 28.6 Å². The number of rotatable bonds is 50. The van der Waals surface area contributed by atoms with Gasteiger partial charge in [0.05, 0.1) is 0 Å². The van der Waals surface area contributed by atoms with E-state index in [1.807, 2.05) is 0 Å². The fraction of sp³-hybridized carbons (Fsp3) is 0.667. The van der Waals surface area contributed by atoms with Crippen LogP contribution in [0.2, 0.25) is 0 Å². The van der Waals surface area contributed by atoms with Crippen LogP contribution in [0.3, 0.4) is 0 Å². The van der Waals surface area contributed by atoms with Crippen molar-refractivity contribution in [2.45, 2.75) is 258 Å². The molecule has 0 bridgehead atoms. The van der Waals surface area contributed by atoms with Gasteiger partial charge in [0.15, 0.2) is 6.10 Å². The van der Waals surface area contributed by atoms with Crippen LogP contribution >= 0.6 is 0 Å². The maximum atomic E-state index is 12.8. The van der Waals surface area contributed by atoms with E-state index in [-0.39, 0.29) is 31.1 Å². The van der Waals surface area contributed by atoms with Gasteiger partial charge in [-0.15, -0.1) is 0 Å². The third kappa shape index (κ3) is 54.9. The molecule has 6 nitrogen and oxygen atoms in total. The highest BCUT2D eigenvalue weighted by atomic mass is 16.6. The standard InChI is InChI=1S/C63H104O6/c1-4-7-10-13-16-19-22-24-26-27-28-29-30-31-32-33-34-35-36-37-38-40-41-44-47-50-53-56-62(65)68-59-60(58-67-61(64)55-52-49-46-43-21-18-15-12-9-6-3)69-63(66)57-54-51-48-45-42-39-25-23-20-17-14-11-8-5-2/h7,10,12,14-17,19,23-26,28-29,31-32,34-35,60H,4-6,8-9,11,13,18,20-22,27,30,33,36-59H2,1-3H3/b10-7-,15-12-,17-14-,19-16-,25-23-,26-24-,29-28-,32-31-,35-34-. The number of esters is 3. The summed E-state index contributed by atoms with van der Waals surface area (Å²) in [6.45, 7) is 6.39. The van der Waals surface area contributed by atoms with E-state index in [0.717, 1.165) is 148 Å². The number of unbranched alkanes of at least 4 members (excludes halogenated alkanes) is 21. The van der Waals surface area contributed by atoms with Gasteiger partial charge in [-0.1, -0.05) is 226 Å². The van der Waals surface area contributed by atoms with Crippen molar-refractivity contribution in [1.82, 2.24) is 0 Å². The summed E-state index contributed by atoms with van der Waals surface area (Å²) < 4.78 is 16.8. The summed E-state index contributed by atoms with van der Waals surface area (Å²) in [7, 11) is 0. The maximum absolute atomic E-state index is 12.8. The van der Waals surface area contributed by atoms with Crippen molar-refractivity contribution in [3.05, 3.63) is 109 Å². The Labute approximate surface area is 425 Å². The lowest BCUT2D eigenvalue weighted by molar-refractivity contribution is -0.167. The lowest BCUT2D eigenvalue weighted by Gasteiger charge is -2.18. The van der Waals surface area contributed by atoms with Gasteiger partial charge in [0.25, 0.3) is 0 Å². The number of allylic oxidation sites excluding steroid dienone is 18. The highest BCUT2D eigenvalue weighted by Crippen LogP contribution is 2.14. The largest absolute Gasteiger partial charge is 0.462 e. The van der Waals surface area contributed by atoms with Gasteiger partial charge in [-0.2, -0.15) is 0 Å². The van der Waals surface area contributed by atoms with Gasteiger partial charge in [0.1, 0.15) is 13.2 Å². The molecule has 0 N–H and O–H groups in total. The van der Waals surface area contributed by atoms with Crippen LogP contribution < -0.4 is 0 Å². The van der Waals surface area contributed by atoms with Crippen LogP contribution in [0.25, 0.3) is 0 Å². The molecule has 1 unspecified atom stereocenters. The van der Waals surface area contributed by atoms with Gasteiger partial charge < -0.3 is 14.2 Å². The molecule has 0 rings (SSSR count). The summed E-state index contributed by atoms with van der Waals surface area (Å²) in [6.07, 6.45) is 76.6. The van der Waals surface area contributed by atoms with Crippen LogP contribution in [0.15, 0.2) is 109 Å². The first-order valence-corrected chi connectivity index (χ1v) is 28.4. The van der Waals surface area contributed by atoms with Crippen molar-refractivity contribution < 1.29 is 28.6 Å². The second kappa shape index (κ2) is 56.7. The van der Waals surface area contributed by atoms with E-state index in [1.54, 1.807) is 0 Å². The molecule has 0 saturated heterocycles. The zero-order valence-electron chi connectivity index (χ0n) is 44.8. The second-order valence-electron chi connectivity index (χ2n) is 18.5. The van der Waals surface area contributed by atoms with Crippen molar-refractivity contribution in [1.29, 1.82) is 0 Å². The van der Waals surface area contributed by atoms with Gasteiger partial charge >= 0.3 is 17.9 Å². The molecule has 392 valence electrons. The normalized spacial score (nSPS) is 12.9. The Bertz CT molecular complexity index is 1420. The molecular formula is C63H104O6. The van der Waals surface area contributed by atoms with E-state index in [0.29, 0.717) is 19.3 Å². The quantitative estimate of drug-likeness (QED) is 0.0262. The maximum Gasteiger partial charge on any atom is 0.306 e. The van der Waals surface area contributed by atoms with Crippen LogP contribution in [0.1, 0.15) is 252 Å². The Kier molecular flexibility index (Phi) is 53.4. The van der Waals surface area contributed by atoms with Gasteiger partial charge in [-0.05, 0) is 116 Å². The summed E-state index contributed by atoms with van der Waals surface area (Å²) in [5, 5.41) is 0. The Balaban J connectivity index is 4.28. The van der Waals surface area contributed by atoms with Crippen molar-refractivity contribution in [3.8, 4) is 0 Å². The number of hydrogen-bond acceptors (Lipinski definition) is 6. The van der Waals surface area contributed by atoms with Crippen LogP contribution in [0, 0.1) is 0 Å². The molecule has 0 radical (unpaired) electrons. The smallest absolute Gasteiger partial charge is 0.306 e. The van der Waals surface area contributed by atoms with E-state index < -0.39 is 6.10 Å². The monoisotopic (exact) mass is 957 g/mol. The summed E-state index contributed by atoms with van der Waals surface area (Å²) in [6, 6.07) is 0. The van der Waals surface area contributed by atoms with Crippen molar-refractivity contribution in [2.24, 2.45) is 0 Å². The Hall–Kier alpha value is -3.93. The average Bonchev–Trinajstić information content (AvgIpc) is 3.35. The van der Waals surface area contributed by atoms with Crippen LogP contribution in [0.4, 0.5) is 0 Å². The second-order valence-corrected chi connectivity index (χ2v) is 18.5. The minimum Gasteiger partial charge on any atom is -0.462 e. The minimum absolute atomic E-state index is 0.0919. The van der Waals surface area contributed by atoms with Crippen molar-refractivity contribution in [3.63, 3.8) is 0 Å². The molecule has 69 heavy (non-hydrogen) atoms. The first-order chi connectivity index (χ1) is 34.0. The average molecular weight is 958 g/mol. The van der Waals surface area contributed by atoms with Crippen LogP contribution in [0.5, 0.6) is 0 Å². The van der Waals surface area contributed by atoms with Crippen LogP contribution in [-0.4, -0.2) is 37.2 Å². The molecule has 0 saturated carbocycles. The molecule has 0 aliphatic rings. The lowest BCUT2D eigenvalue weighted by atomic mass is 10.1. The zero-order valence-corrected chi connectivity index (χ0v) is 44.8. The van der Waals surface area contributed by atoms with Gasteiger partial charge in [0.2, 0.25) is 0 Å². The predicted octanol–water partition coefficient (Wildman–Crippen LogP) is 19.1. The van der Waals surface area contributed by atoms with Gasteiger partial charge in [0, 0.05) is 19.3 Å². The molecule has 0 aromatic heterocycles. The molecule has 6 heteroatoms. The Morgan fingerprint density at radius 3 is 0.957 bits per heavy atom. The summed E-state index contributed by atoms with van der Waals surface area (Å²) in [5.74, 6) is -0.927. The molecule has 0 amide bonds. The first-order valence-electron chi connectivity index (χ1n) is 28.4. The molecule has 0 aromatic rings. The highest BCUT2D eigenvalue weighted by Gasteiger charge is 2.19. The fourth-order valence-electron chi connectivity index (χ4n) is 7.46. The third-order valence-corrected chi connectivity index (χ3v) is 11.7. The van der Waals surface area contributed by atoms with E-state index in [4.69, 9.17) is 14.2 Å². The number of carbonyl (C=O) groups is 3. The topological polar surface area (TPSA) is 78.9 Å². The van der Waals surface area contributed by atoms with E-state index in [1.165, 1.54) is 64.2 Å². The zero-order chi connectivity index (χ0) is 50.0. The molecule has 0 fully saturated rings. The van der Waals surface area contributed by atoms with E-state index in [9.17, 15) is 14.4 Å². The van der Waals surface area contributed by atoms with Crippen molar-refractivity contribution >= 4 is 17.9 Å². The SMILES string of the molecule is CC/C=C\C/C=C\C/C=C\C/C=C\C/C=C\C/C=C\CCCCCCCCCCC(=O)OCC(COC(=O)CCCCCCC/C=C\CCC)OC(=O)CCCCCCC/C=C\C/C=C\CCCC. The Morgan fingerprint density at radius 1 is 0.304 bits per heavy atom. The molecular weight excluding hydrogens is 853 g/mol. The molecule has 0 heterocycles. The molecule has 1 atom stereocenters. The number of carbonyl (C=O) groups excluding carboxylic acids is 3. The highest BCUT2D eigenvalue weighted by molar-refractivity contribution is 5.71. The molecule has 0 aromatic carbocycles. The molecule has 0 aliphatic heterocycles. The van der Waals surface area contributed by atoms with Crippen molar-refractivity contribution in [2.75, 3.05) is 13.2 Å². The lowest BCUT2D eigenvalue weighted by Crippen LogP contribution is -2.30. The van der Waals surface area contributed by atoms with E-state index in [2.05, 4.69) is 130 Å². The summed E-state index contributed by atoms with van der Waals surface area (Å²) >= 11 is 0. The third-order valence-electron chi connectivity index (χ3n) is 11.7. The molecule has 0 spiro atoms. The van der Waals surface area contributed by atoms with Gasteiger partial charge in [-0.25, -0.2) is 0 Å². The summed E-state index contributed by atoms with van der Waals surface area (Å²) in [4.78, 5) is 38.0. The van der Waals surface area contributed by atoms with Gasteiger partial charge in [-0.3, -0.25) is 14.4 Å². The predicted molar refractivity (Wildman–Crippen MR) is 297 cm³/mol. The fourth-order valence-corrected chi connectivity index (χ4v) is 7.46. The number of hydrogen-bond donors (Lipinski definition) is 0. The molecule has 0 aliphatic carbocycles. The Morgan fingerprint density at radius 2 is 0.594 bits per heavy atom. The summed E-state index contributed by atoms with van der Waals surface area (Å²) in [5.41, 5.74) is 0. The first kappa shape index (κ1) is 65.1. The minimum atomic E-state index is -0.793. The number of ether oxygens (including phenoxy) is 3.